The Bertz CT molecular complexity index is 788. The first kappa shape index (κ1) is 28.5. The summed E-state index contributed by atoms with van der Waals surface area (Å²) in [5.41, 5.74) is 2.59. The van der Waals surface area contributed by atoms with E-state index < -0.39 is 0 Å². The smallest absolute Gasteiger partial charge is 0.0827 e. The predicted molar refractivity (Wildman–Crippen MR) is 142 cm³/mol. The summed E-state index contributed by atoms with van der Waals surface area (Å²) >= 11 is 0. The van der Waals surface area contributed by atoms with Gasteiger partial charge in [-0.25, -0.2) is 0 Å². The molecule has 0 aromatic carbocycles. The summed E-state index contributed by atoms with van der Waals surface area (Å²) in [5, 5.41) is 17.5. The minimum Gasteiger partial charge on any atom is -0.252 e. The maximum atomic E-state index is 4.41. The zero-order chi connectivity index (χ0) is 25.0. The van der Waals surface area contributed by atoms with Gasteiger partial charge in [0.2, 0.25) is 0 Å². The van der Waals surface area contributed by atoms with Crippen LogP contribution in [0.2, 0.25) is 0 Å². The normalized spacial score (nSPS) is 13.3. The number of hydrogen-bond donors (Lipinski definition) is 0. The fourth-order valence-electron chi connectivity index (χ4n) is 4.98. The van der Waals surface area contributed by atoms with E-state index in [-0.39, 0.29) is 0 Å². The van der Waals surface area contributed by atoms with Crippen LogP contribution >= 0.6 is 0 Å². The third kappa shape index (κ3) is 12.1. The molecular formula is C28H52N6. The molecule has 6 nitrogen and oxygen atoms in total. The molecule has 1 atom stereocenters. The molecule has 2 aromatic rings. The molecule has 0 N–H and O–H groups in total. The lowest BCUT2D eigenvalue weighted by Gasteiger charge is -2.28. The predicted octanol–water partition coefficient (Wildman–Crippen LogP) is 7.14. The van der Waals surface area contributed by atoms with E-state index in [9.17, 15) is 0 Å². The third-order valence-corrected chi connectivity index (χ3v) is 6.74. The molecule has 0 saturated carbocycles. The molecule has 1 unspecified atom stereocenters. The highest BCUT2D eigenvalue weighted by molar-refractivity contribution is 4.93. The minimum absolute atomic E-state index is 0.312. The van der Waals surface area contributed by atoms with E-state index in [0.29, 0.717) is 11.3 Å². The van der Waals surface area contributed by atoms with E-state index in [1.54, 1.807) is 0 Å². The van der Waals surface area contributed by atoms with Crippen LogP contribution in [-0.4, -0.2) is 30.0 Å². The monoisotopic (exact) mass is 472 g/mol. The largest absolute Gasteiger partial charge is 0.252 e. The number of aryl methyl sites for hydroxylation is 3. The first-order valence-electron chi connectivity index (χ1n) is 13.9. The highest BCUT2D eigenvalue weighted by Gasteiger charge is 2.21. The van der Waals surface area contributed by atoms with Crippen LogP contribution < -0.4 is 0 Å². The van der Waals surface area contributed by atoms with Crippen molar-refractivity contribution in [2.75, 3.05) is 0 Å². The molecule has 0 radical (unpaired) electrons. The molecule has 2 rings (SSSR count). The lowest BCUT2D eigenvalue weighted by atomic mass is 9.79. The van der Waals surface area contributed by atoms with Crippen LogP contribution in [0.15, 0.2) is 12.4 Å². The van der Waals surface area contributed by atoms with Gasteiger partial charge >= 0.3 is 0 Å². The third-order valence-electron chi connectivity index (χ3n) is 6.74. The first-order chi connectivity index (χ1) is 16.1. The van der Waals surface area contributed by atoms with Crippen molar-refractivity contribution < 1.29 is 0 Å². The number of hydrogen-bond acceptors (Lipinski definition) is 4. The van der Waals surface area contributed by atoms with Crippen molar-refractivity contribution in [1.29, 1.82) is 0 Å². The second-order valence-corrected chi connectivity index (χ2v) is 12.3. The Morgan fingerprint density at radius 1 is 0.735 bits per heavy atom. The number of unbranched alkanes of at least 4 members (excludes halogenated alkanes) is 2. The molecule has 0 aliphatic carbocycles. The highest BCUT2D eigenvalue weighted by atomic mass is 15.4. The second-order valence-electron chi connectivity index (χ2n) is 12.3. The standard InChI is InChI=1S/C28H52N6/c1-23(2)13-9-8-10-15-26-22-34(32-30-26)20-25(5)19-28(6,7)17-11-16-27-21-33(31-29-27)18-12-14-24(3)4/h21-25H,8-20H2,1-7H3. The van der Waals surface area contributed by atoms with Gasteiger partial charge in [-0.1, -0.05) is 78.2 Å². The molecule has 2 aromatic heterocycles. The molecule has 194 valence electrons. The van der Waals surface area contributed by atoms with Crippen LogP contribution in [0.1, 0.15) is 118 Å². The topological polar surface area (TPSA) is 61.4 Å². The summed E-state index contributed by atoms with van der Waals surface area (Å²) in [6, 6.07) is 0. The van der Waals surface area contributed by atoms with E-state index in [2.05, 4.69) is 86.2 Å². The van der Waals surface area contributed by atoms with Crippen molar-refractivity contribution in [1.82, 2.24) is 30.0 Å². The van der Waals surface area contributed by atoms with Crippen LogP contribution in [0, 0.1) is 23.2 Å². The molecule has 0 amide bonds. The summed E-state index contributed by atoms with van der Waals surface area (Å²) in [6.07, 6.45) is 17.5. The lowest BCUT2D eigenvalue weighted by Crippen LogP contribution is -2.19. The SMILES string of the molecule is CC(C)CCCCCc1cn(CC(C)CC(C)(C)CCCc2cn(CCCC(C)C)nn2)nn1. The van der Waals surface area contributed by atoms with Gasteiger partial charge in [0, 0.05) is 25.5 Å². The average Bonchev–Trinajstić information content (AvgIpc) is 3.36. The summed E-state index contributed by atoms with van der Waals surface area (Å²) in [4.78, 5) is 0. The number of rotatable bonds is 18. The summed E-state index contributed by atoms with van der Waals surface area (Å²) < 4.78 is 4.07. The Balaban J connectivity index is 1.65. The zero-order valence-electron chi connectivity index (χ0n) is 23.3. The van der Waals surface area contributed by atoms with E-state index >= 15 is 0 Å². The van der Waals surface area contributed by atoms with Crippen LogP contribution in [0.25, 0.3) is 0 Å². The van der Waals surface area contributed by atoms with E-state index in [0.717, 1.165) is 55.6 Å². The van der Waals surface area contributed by atoms with Crippen molar-refractivity contribution in [2.45, 2.75) is 132 Å². The van der Waals surface area contributed by atoms with Crippen LogP contribution in [-0.2, 0) is 25.9 Å². The minimum atomic E-state index is 0.312. The van der Waals surface area contributed by atoms with Crippen LogP contribution in [0.3, 0.4) is 0 Å². The van der Waals surface area contributed by atoms with E-state index in [4.69, 9.17) is 0 Å². The molecular weight excluding hydrogens is 420 g/mol. The molecule has 0 bridgehead atoms. The fraction of sp³-hybridized carbons (Fsp3) is 0.857. The zero-order valence-corrected chi connectivity index (χ0v) is 23.3. The maximum absolute atomic E-state index is 4.41. The molecule has 0 aliphatic heterocycles. The van der Waals surface area contributed by atoms with Gasteiger partial charge in [-0.15, -0.1) is 10.2 Å². The number of aromatic nitrogens is 6. The van der Waals surface area contributed by atoms with Crippen LogP contribution in [0.4, 0.5) is 0 Å². The van der Waals surface area contributed by atoms with Crippen molar-refractivity contribution in [3.05, 3.63) is 23.8 Å². The van der Waals surface area contributed by atoms with Gasteiger partial charge in [0.15, 0.2) is 0 Å². The Morgan fingerprint density at radius 3 is 2.00 bits per heavy atom. The van der Waals surface area contributed by atoms with Crippen molar-refractivity contribution >= 4 is 0 Å². The Morgan fingerprint density at radius 2 is 1.32 bits per heavy atom. The van der Waals surface area contributed by atoms with Gasteiger partial charge in [-0.2, -0.15) is 0 Å². The molecule has 0 aliphatic rings. The second kappa shape index (κ2) is 14.6. The summed E-state index contributed by atoms with van der Waals surface area (Å²) in [5.74, 6) is 2.15. The Labute approximate surface area is 209 Å². The van der Waals surface area contributed by atoms with Gasteiger partial charge in [0.05, 0.1) is 11.4 Å². The molecule has 0 fully saturated rings. The van der Waals surface area contributed by atoms with E-state index in [1.165, 1.54) is 51.4 Å². The Kier molecular flexibility index (Phi) is 12.3. The van der Waals surface area contributed by atoms with Crippen molar-refractivity contribution in [3.63, 3.8) is 0 Å². The van der Waals surface area contributed by atoms with Crippen LogP contribution in [0.5, 0.6) is 0 Å². The molecule has 0 saturated heterocycles. The highest BCUT2D eigenvalue weighted by Crippen LogP contribution is 2.31. The van der Waals surface area contributed by atoms with Gasteiger partial charge in [-0.05, 0) is 74.5 Å². The molecule has 0 spiro atoms. The first-order valence-corrected chi connectivity index (χ1v) is 13.9. The fourth-order valence-corrected chi connectivity index (χ4v) is 4.98. The quantitative estimate of drug-likeness (QED) is 0.216. The molecule has 2 heterocycles. The molecule has 34 heavy (non-hydrogen) atoms. The van der Waals surface area contributed by atoms with Gasteiger partial charge < -0.3 is 0 Å². The lowest BCUT2D eigenvalue weighted by molar-refractivity contribution is 0.232. The van der Waals surface area contributed by atoms with E-state index in [1.807, 2.05) is 4.68 Å². The van der Waals surface area contributed by atoms with Gasteiger partial charge in [0.1, 0.15) is 0 Å². The summed E-state index contributed by atoms with van der Waals surface area (Å²) in [6.45, 7) is 18.2. The van der Waals surface area contributed by atoms with Gasteiger partial charge in [-0.3, -0.25) is 9.36 Å². The number of nitrogens with zero attached hydrogens (tertiary/aromatic N) is 6. The Hall–Kier alpha value is -1.72. The van der Waals surface area contributed by atoms with Crippen molar-refractivity contribution in [2.24, 2.45) is 23.2 Å². The summed E-state index contributed by atoms with van der Waals surface area (Å²) in [7, 11) is 0. The molecule has 6 heteroatoms. The maximum Gasteiger partial charge on any atom is 0.0827 e. The van der Waals surface area contributed by atoms with Gasteiger partial charge in [0.25, 0.3) is 0 Å². The van der Waals surface area contributed by atoms with Crippen molar-refractivity contribution in [3.8, 4) is 0 Å². The average molecular weight is 473 g/mol.